The number of carbonyl (C=O) groups is 2. The van der Waals surface area contributed by atoms with Gasteiger partial charge in [0.25, 0.3) is 0 Å². The van der Waals surface area contributed by atoms with Crippen LogP contribution in [0.4, 0.5) is 5.69 Å². The molecular weight excluding hydrogens is 418 g/mol. The summed E-state index contributed by atoms with van der Waals surface area (Å²) in [7, 11) is 3.49. The van der Waals surface area contributed by atoms with Gasteiger partial charge in [0.15, 0.2) is 11.5 Å². The van der Waals surface area contributed by atoms with Crippen molar-refractivity contribution in [2.24, 2.45) is 5.73 Å². The summed E-state index contributed by atoms with van der Waals surface area (Å²) in [5.41, 5.74) is 8.31. The van der Waals surface area contributed by atoms with E-state index in [4.69, 9.17) is 15.2 Å². The average Bonchev–Trinajstić information content (AvgIpc) is 2.83. The molecule has 0 unspecified atom stereocenters. The fraction of sp³-hybridized carbons (Fsp3) is 0.231. The Morgan fingerprint density at radius 2 is 1.67 bits per heavy atom. The summed E-state index contributed by atoms with van der Waals surface area (Å²) in [5, 5.41) is 2.86. The van der Waals surface area contributed by atoms with Crippen molar-refractivity contribution in [3.8, 4) is 11.5 Å². The smallest absolute Gasteiger partial charge is 0.248 e. The third kappa shape index (κ3) is 6.57. The van der Waals surface area contributed by atoms with Gasteiger partial charge in [0.05, 0.1) is 13.2 Å². The molecule has 3 aromatic rings. The standard InChI is InChI=1S/C26H29N3O4/c1-18(26(31)28-22-12-10-21(11-13-22)25(27)30)29(2)16-20-9-14-23(24(15-20)32-3)33-17-19-7-5-4-6-8-19/h4-15,18H,16-17H2,1-3H3,(H2,27,30)(H,28,31)/t18-/m1/s1. The highest BCUT2D eigenvalue weighted by molar-refractivity contribution is 5.96. The van der Waals surface area contributed by atoms with Gasteiger partial charge >= 0.3 is 0 Å². The van der Waals surface area contributed by atoms with Crippen LogP contribution < -0.4 is 20.5 Å². The minimum Gasteiger partial charge on any atom is -0.493 e. The molecule has 0 aromatic heterocycles. The van der Waals surface area contributed by atoms with Crippen LogP contribution in [0, 0.1) is 0 Å². The summed E-state index contributed by atoms with van der Waals surface area (Å²) in [6, 6.07) is 21.8. The highest BCUT2D eigenvalue weighted by Gasteiger charge is 2.19. The van der Waals surface area contributed by atoms with Crippen molar-refractivity contribution >= 4 is 17.5 Å². The number of nitrogens with two attached hydrogens (primary N) is 1. The fourth-order valence-electron chi connectivity index (χ4n) is 3.25. The number of amides is 2. The zero-order valence-corrected chi connectivity index (χ0v) is 19.1. The molecule has 0 radical (unpaired) electrons. The fourth-order valence-corrected chi connectivity index (χ4v) is 3.25. The first-order chi connectivity index (χ1) is 15.9. The van der Waals surface area contributed by atoms with Gasteiger partial charge in [-0.05, 0) is 61.5 Å². The molecule has 3 rings (SSSR count). The van der Waals surface area contributed by atoms with E-state index in [2.05, 4.69) is 5.32 Å². The Bertz CT molecular complexity index is 1080. The van der Waals surface area contributed by atoms with Crippen LogP contribution in [0.15, 0.2) is 72.8 Å². The Morgan fingerprint density at radius 3 is 2.30 bits per heavy atom. The number of likely N-dealkylation sites (N-methyl/N-ethyl adjacent to an activating group) is 1. The van der Waals surface area contributed by atoms with Crippen molar-refractivity contribution in [2.75, 3.05) is 19.5 Å². The number of primary amides is 1. The first kappa shape index (κ1) is 23.8. The van der Waals surface area contributed by atoms with Crippen LogP contribution in [0.3, 0.4) is 0 Å². The number of rotatable bonds is 10. The molecule has 0 aliphatic rings. The summed E-state index contributed by atoms with van der Waals surface area (Å²) >= 11 is 0. The Labute approximate surface area is 194 Å². The normalized spacial score (nSPS) is 11.6. The largest absolute Gasteiger partial charge is 0.493 e. The molecule has 7 nitrogen and oxygen atoms in total. The first-order valence-corrected chi connectivity index (χ1v) is 10.6. The van der Waals surface area contributed by atoms with Crippen molar-refractivity contribution in [2.45, 2.75) is 26.1 Å². The molecule has 0 heterocycles. The topological polar surface area (TPSA) is 93.9 Å². The van der Waals surface area contributed by atoms with E-state index in [0.717, 1.165) is 11.1 Å². The van der Waals surface area contributed by atoms with Crippen molar-refractivity contribution < 1.29 is 19.1 Å². The van der Waals surface area contributed by atoms with Gasteiger partial charge in [0, 0.05) is 17.8 Å². The maximum absolute atomic E-state index is 12.7. The lowest BCUT2D eigenvalue weighted by atomic mass is 10.1. The number of anilines is 1. The second-order valence-corrected chi connectivity index (χ2v) is 7.78. The summed E-state index contributed by atoms with van der Waals surface area (Å²) in [4.78, 5) is 25.8. The maximum Gasteiger partial charge on any atom is 0.248 e. The van der Waals surface area contributed by atoms with Gasteiger partial charge in [-0.25, -0.2) is 0 Å². The number of methoxy groups -OCH3 is 1. The minimum absolute atomic E-state index is 0.154. The molecule has 3 N–H and O–H groups in total. The van der Waals surface area contributed by atoms with Gasteiger partial charge in [-0.2, -0.15) is 0 Å². The van der Waals surface area contributed by atoms with Gasteiger partial charge in [-0.3, -0.25) is 14.5 Å². The van der Waals surface area contributed by atoms with Crippen LogP contribution >= 0.6 is 0 Å². The molecule has 1 atom stereocenters. The number of benzene rings is 3. The van der Waals surface area contributed by atoms with E-state index in [0.29, 0.717) is 35.9 Å². The predicted molar refractivity (Wildman–Crippen MR) is 128 cm³/mol. The molecule has 0 aliphatic heterocycles. The van der Waals surface area contributed by atoms with Gasteiger partial charge in [-0.1, -0.05) is 36.4 Å². The lowest BCUT2D eigenvalue weighted by molar-refractivity contribution is -0.120. The monoisotopic (exact) mass is 447 g/mol. The Hall–Kier alpha value is -3.84. The van der Waals surface area contributed by atoms with Gasteiger partial charge in [-0.15, -0.1) is 0 Å². The SMILES string of the molecule is COc1cc(CN(C)[C@H](C)C(=O)Nc2ccc(C(N)=O)cc2)ccc1OCc1ccccc1. The van der Waals surface area contributed by atoms with Crippen LogP contribution in [0.5, 0.6) is 11.5 Å². The lowest BCUT2D eigenvalue weighted by Gasteiger charge is -2.24. The van der Waals surface area contributed by atoms with E-state index in [1.54, 1.807) is 31.4 Å². The number of carbonyl (C=O) groups excluding carboxylic acids is 2. The molecule has 7 heteroatoms. The second-order valence-electron chi connectivity index (χ2n) is 7.78. The van der Waals surface area contributed by atoms with E-state index in [9.17, 15) is 9.59 Å². The summed E-state index contributed by atoms with van der Waals surface area (Å²) < 4.78 is 11.4. The summed E-state index contributed by atoms with van der Waals surface area (Å²) in [6.45, 7) is 2.83. The second kappa shape index (κ2) is 11.2. The molecule has 3 aromatic carbocycles. The quantitative estimate of drug-likeness (QED) is 0.493. The lowest BCUT2D eigenvalue weighted by Crippen LogP contribution is -2.39. The van der Waals surface area contributed by atoms with Gasteiger partial charge in [0.2, 0.25) is 11.8 Å². The average molecular weight is 448 g/mol. The number of nitrogens with one attached hydrogen (secondary N) is 1. The third-order valence-electron chi connectivity index (χ3n) is 5.37. The molecule has 0 aliphatic carbocycles. The Balaban J connectivity index is 1.59. The predicted octanol–water partition coefficient (Wildman–Crippen LogP) is 3.83. The van der Waals surface area contributed by atoms with E-state index < -0.39 is 5.91 Å². The highest BCUT2D eigenvalue weighted by atomic mass is 16.5. The van der Waals surface area contributed by atoms with E-state index in [1.807, 2.05) is 67.4 Å². The van der Waals surface area contributed by atoms with E-state index in [1.165, 1.54) is 0 Å². The van der Waals surface area contributed by atoms with Crippen LogP contribution in [-0.2, 0) is 17.9 Å². The van der Waals surface area contributed by atoms with Gasteiger partial charge < -0.3 is 20.5 Å². The zero-order valence-electron chi connectivity index (χ0n) is 19.1. The van der Waals surface area contributed by atoms with Crippen molar-refractivity contribution in [1.82, 2.24) is 4.90 Å². The first-order valence-electron chi connectivity index (χ1n) is 10.6. The van der Waals surface area contributed by atoms with Crippen molar-refractivity contribution in [3.05, 3.63) is 89.5 Å². The molecule has 0 saturated heterocycles. The molecule has 0 saturated carbocycles. The molecule has 0 bridgehead atoms. The number of nitrogens with zero attached hydrogens (tertiary/aromatic N) is 1. The van der Waals surface area contributed by atoms with E-state index >= 15 is 0 Å². The van der Waals surface area contributed by atoms with Crippen LogP contribution in [0.1, 0.15) is 28.4 Å². The van der Waals surface area contributed by atoms with Crippen molar-refractivity contribution in [3.63, 3.8) is 0 Å². The number of ether oxygens (including phenoxy) is 2. The third-order valence-corrected chi connectivity index (χ3v) is 5.37. The highest BCUT2D eigenvalue weighted by Crippen LogP contribution is 2.29. The Morgan fingerprint density at radius 1 is 0.970 bits per heavy atom. The van der Waals surface area contributed by atoms with E-state index in [-0.39, 0.29) is 11.9 Å². The molecule has 0 fully saturated rings. The number of hydrogen-bond acceptors (Lipinski definition) is 5. The molecule has 2 amide bonds. The molecule has 33 heavy (non-hydrogen) atoms. The van der Waals surface area contributed by atoms with Gasteiger partial charge in [0.1, 0.15) is 6.61 Å². The number of hydrogen-bond donors (Lipinski definition) is 2. The molecule has 172 valence electrons. The molecule has 0 spiro atoms. The molecular formula is C26H29N3O4. The maximum atomic E-state index is 12.7. The minimum atomic E-state index is -0.507. The van der Waals surface area contributed by atoms with Crippen LogP contribution in [0.25, 0.3) is 0 Å². The Kier molecular flexibility index (Phi) is 8.05. The zero-order chi connectivity index (χ0) is 23.8. The summed E-state index contributed by atoms with van der Waals surface area (Å²) in [6.07, 6.45) is 0. The van der Waals surface area contributed by atoms with Crippen molar-refractivity contribution in [1.29, 1.82) is 0 Å². The summed E-state index contributed by atoms with van der Waals surface area (Å²) in [5.74, 6) is 0.647. The van der Waals surface area contributed by atoms with Crippen LogP contribution in [0.2, 0.25) is 0 Å². The van der Waals surface area contributed by atoms with Crippen LogP contribution in [-0.4, -0.2) is 36.9 Å².